The number of hydrogen-bond donors (Lipinski definition) is 2. The van der Waals surface area contributed by atoms with Crippen LogP contribution in [0, 0.1) is 0 Å². The van der Waals surface area contributed by atoms with E-state index in [2.05, 4.69) is 0 Å². The molecule has 1 heterocycles. The molecule has 0 aliphatic carbocycles. The molecule has 0 bridgehead atoms. The number of thiophene rings is 1. The quantitative estimate of drug-likeness (QED) is 0.737. The van der Waals surface area contributed by atoms with Crippen molar-refractivity contribution in [3.8, 4) is 0 Å². The first-order valence-electron chi connectivity index (χ1n) is 3.94. The molecule has 2 N–H and O–H groups in total. The standard InChI is InChI=1S/C9H10O4S/c1-9(13,8(11)12)4-7(10)6-2-3-14-5-6/h2-3,5,13H,4H2,1H3,(H,11,12). The van der Waals surface area contributed by atoms with Gasteiger partial charge in [-0.05, 0) is 18.4 Å². The summed E-state index contributed by atoms with van der Waals surface area (Å²) in [6.45, 7) is 1.11. The van der Waals surface area contributed by atoms with Gasteiger partial charge in [0, 0.05) is 10.9 Å². The lowest BCUT2D eigenvalue weighted by molar-refractivity contribution is -0.156. The number of carbonyl (C=O) groups excluding carboxylic acids is 1. The van der Waals surface area contributed by atoms with Gasteiger partial charge in [-0.3, -0.25) is 4.79 Å². The number of ketones is 1. The zero-order valence-electron chi connectivity index (χ0n) is 7.56. The van der Waals surface area contributed by atoms with Crippen molar-refractivity contribution in [3.05, 3.63) is 22.4 Å². The molecule has 1 atom stereocenters. The second-order valence-corrected chi connectivity index (χ2v) is 3.97. The van der Waals surface area contributed by atoms with Crippen molar-refractivity contribution in [1.82, 2.24) is 0 Å². The van der Waals surface area contributed by atoms with Crippen LogP contribution in [0.1, 0.15) is 23.7 Å². The van der Waals surface area contributed by atoms with Crippen LogP contribution in [-0.2, 0) is 4.79 Å². The highest BCUT2D eigenvalue weighted by Gasteiger charge is 2.33. The Balaban J connectivity index is 2.71. The molecule has 76 valence electrons. The fourth-order valence-electron chi connectivity index (χ4n) is 0.913. The maximum atomic E-state index is 11.4. The smallest absolute Gasteiger partial charge is 0.335 e. The Morgan fingerprint density at radius 3 is 2.64 bits per heavy atom. The molecule has 0 aliphatic heterocycles. The third-order valence-corrected chi connectivity index (χ3v) is 2.49. The van der Waals surface area contributed by atoms with Crippen LogP contribution in [-0.4, -0.2) is 27.6 Å². The Morgan fingerprint density at radius 1 is 1.57 bits per heavy atom. The van der Waals surface area contributed by atoms with Gasteiger partial charge in [0.1, 0.15) is 0 Å². The monoisotopic (exact) mass is 214 g/mol. The summed E-state index contributed by atoms with van der Waals surface area (Å²) in [5.74, 6) is -1.75. The van der Waals surface area contributed by atoms with Gasteiger partial charge in [0.15, 0.2) is 11.4 Å². The SMILES string of the molecule is CC(O)(CC(=O)c1ccsc1)C(=O)O. The fraction of sp³-hybridized carbons (Fsp3) is 0.333. The van der Waals surface area contributed by atoms with Crippen LogP contribution >= 0.6 is 11.3 Å². The molecule has 0 saturated carbocycles. The van der Waals surface area contributed by atoms with Crippen LogP contribution in [0.25, 0.3) is 0 Å². The van der Waals surface area contributed by atoms with Gasteiger partial charge in [-0.15, -0.1) is 0 Å². The summed E-state index contributed by atoms with van der Waals surface area (Å²) < 4.78 is 0. The van der Waals surface area contributed by atoms with Crippen LogP contribution in [0.3, 0.4) is 0 Å². The molecule has 5 heteroatoms. The third kappa shape index (κ3) is 2.40. The minimum absolute atomic E-state index is 0.362. The molecule has 0 aliphatic rings. The minimum atomic E-state index is -1.99. The topological polar surface area (TPSA) is 74.6 Å². The highest BCUT2D eigenvalue weighted by Crippen LogP contribution is 2.16. The van der Waals surface area contributed by atoms with E-state index in [-0.39, 0.29) is 5.78 Å². The van der Waals surface area contributed by atoms with Crippen molar-refractivity contribution in [2.24, 2.45) is 0 Å². The van der Waals surface area contributed by atoms with E-state index in [1.807, 2.05) is 0 Å². The third-order valence-electron chi connectivity index (χ3n) is 1.81. The number of aliphatic carboxylic acids is 1. The Bertz CT molecular complexity index is 340. The van der Waals surface area contributed by atoms with E-state index < -0.39 is 18.0 Å². The van der Waals surface area contributed by atoms with Crippen molar-refractivity contribution >= 4 is 23.1 Å². The summed E-state index contributed by atoms with van der Waals surface area (Å²) in [4.78, 5) is 21.9. The zero-order chi connectivity index (χ0) is 10.8. The Kier molecular flexibility index (Phi) is 3.03. The van der Waals surface area contributed by atoms with E-state index in [9.17, 15) is 14.7 Å². The molecule has 0 aromatic carbocycles. The van der Waals surface area contributed by atoms with Crippen molar-refractivity contribution in [3.63, 3.8) is 0 Å². The van der Waals surface area contributed by atoms with Gasteiger partial charge < -0.3 is 10.2 Å². The van der Waals surface area contributed by atoms with Gasteiger partial charge in [-0.25, -0.2) is 4.79 Å². The second-order valence-electron chi connectivity index (χ2n) is 3.19. The summed E-state index contributed by atoms with van der Waals surface area (Å²) >= 11 is 1.35. The van der Waals surface area contributed by atoms with Crippen molar-refractivity contribution in [2.75, 3.05) is 0 Å². The largest absolute Gasteiger partial charge is 0.479 e. The summed E-state index contributed by atoms with van der Waals surface area (Å²) in [6, 6.07) is 1.60. The van der Waals surface area contributed by atoms with E-state index in [0.717, 1.165) is 6.92 Å². The maximum Gasteiger partial charge on any atom is 0.335 e. The maximum absolute atomic E-state index is 11.4. The van der Waals surface area contributed by atoms with E-state index >= 15 is 0 Å². The van der Waals surface area contributed by atoms with Gasteiger partial charge in [0.2, 0.25) is 0 Å². The normalized spacial score (nSPS) is 14.7. The number of carboxylic acids is 1. The fourth-order valence-corrected chi connectivity index (χ4v) is 1.57. The summed E-state index contributed by atoms with van der Waals surface area (Å²) in [5.41, 5.74) is -1.55. The highest BCUT2D eigenvalue weighted by molar-refractivity contribution is 7.08. The molecule has 1 aromatic rings. The predicted octanol–water partition coefficient (Wildman–Crippen LogP) is 1.16. The molecule has 0 amide bonds. The predicted molar refractivity (Wildman–Crippen MR) is 51.5 cm³/mol. The molecule has 1 rings (SSSR count). The van der Waals surface area contributed by atoms with Crippen LogP contribution in [0.4, 0.5) is 0 Å². The van der Waals surface area contributed by atoms with Crippen LogP contribution in [0.2, 0.25) is 0 Å². The number of carboxylic acid groups (broad SMARTS) is 1. The number of hydrogen-bond acceptors (Lipinski definition) is 4. The Hall–Kier alpha value is -1.20. The summed E-state index contributed by atoms with van der Waals surface area (Å²) in [6.07, 6.45) is -0.404. The Labute approximate surface area is 84.8 Å². The number of Topliss-reactive ketones (excluding diaryl/α,β-unsaturated/α-hetero) is 1. The van der Waals surface area contributed by atoms with E-state index in [1.54, 1.807) is 16.8 Å². The number of aliphatic hydroxyl groups is 1. The number of carbonyl (C=O) groups is 2. The summed E-state index contributed by atoms with van der Waals surface area (Å²) in [7, 11) is 0. The molecule has 0 radical (unpaired) electrons. The average Bonchev–Trinajstić information content (AvgIpc) is 2.54. The Morgan fingerprint density at radius 2 is 2.21 bits per heavy atom. The highest BCUT2D eigenvalue weighted by atomic mass is 32.1. The minimum Gasteiger partial charge on any atom is -0.479 e. The molecule has 4 nitrogen and oxygen atoms in total. The van der Waals surface area contributed by atoms with Gasteiger partial charge in [0.25, 0.3) is 0 Å². The van der Waals surface area contributed by atoms with Crippen LogP contribution in [0.5, 0.6) is 0 Å². The lowest BCUT2D eigenvalue weighted by Crippen LogP contribution is -2.37. The van der Waals surface area contributed by atoms with Crippen molar-refractivity contribution in [2.45, 2.75) is 18.9 Å². The number of rotatable bonds is 4. The lowest BCUT2D eigenvalue weighted by atomic mass is 9.97. The van der Waals surface area contributed by atoms with Gasteiger partial charge in [0.05, 0.1) is 6.42 Å². The molecular weight excluding hydrogens is 204 g/mol. The molecule has 1 aromatic heterocycles. The molecule has 0 fully saturated rings. The zero-order valence-corrected chi connectivity index (χ0v) is 8.37. The van der Waals surface area contributed by atoms with E-state index in [0.29, 0.717) is 5.56 Å². The van der Waals surface area contributed by atoms with Gasteiger partial charge in [-0.1, -0.05) is 0 Å². The average molecular weight is 214 g/mol. The second kappa shape index (κ2) is 3.89. The van der Waals surface area contributed by atoms with Gasteiger partial charge >= 0.3 is 5.97 Å². The molecule has 0 spiro atoms. The van der Waals surface area contributed by atoms with E-state index in [4.69, 9.17) is 5.11 Å². The van der Waals surface area contributed by atoms with Crippen LogP contribution in [0.15, 0.2) is 16.8 Å². The van der Waals surface area contributed by atoms with Crippen molar-refractivity contribution < 1.29 is 19.8 Å². The first-order chi connectivity index (χ1) is 6.43. The van der Waals surface area contributed by atoms with Crippen LogP contribution < -0.4 is 0 Å². The molecular formula is C9H10O4S. The lowest BCUT2D eigenvalue weighted by Gasteiger charge is -2.15. The first kappa shape index (κ1) is 10.9. The van der Waals surface area contributed by atoms with Gasteiger partial charge in [-0.2, -0.15) is 11.3 Å². The van der Waals surface area contributed by atoms with E-state index in [1.165, 1.54) is 11.3 Å². The summed E-state index contributed by atoms with van der Waals surface area (Å²) in [5, 5.41) is 21.3. The van der Waals surface area contributed by atoms with Crippen molar-refractivity contribution in [1.29, 1.82) is 0 Å². The first-order valence-corrected chi connectivity index (χ1v) is 4.89. The molecule has 14 heavy (non-hydrogen) atoms. The molecule has 0 saturated heterocycles. The molecule has 1 unspecified atom stereocenters.